The molecular formula is C25H15Br2Cl2F3N2O4S2. The van der Waals surface area contributed by atoms with Crippen molar-refractivity contribution in [1.82, 2.24) is 4.98 Å². The maximum absolute atomic E-state index is 13.9. The Morgan fingerprint density at radius 3 is 2.23 bits per heavy atom. The first-order chi connectivity index (χ1) is 18.8. The number of thiazole rings is 1. The quantitative estimate of drug-likeness (QED) is 0.118. The Morgan fingerprint density at radius 1 is 1.12 bits per heavy atom. The van der Waals surface area contributed by atoms with Crippen molar-refractivity contribution in [2.24, 2.45) is 0 Å². The third kappa shape index (κ3) is 9.87. The Hall–Kier alpha value is -2.47. The van der Waals surface area contributed by atoms with Gasteiger partial charge in [0.1, 0.15) is 10.4 Å². The average Bonchev–Trinajstić information content (AvgIpc) is 3.34. The van der Waals surface area contributed by atoms with Crippen molar-refractivity contribution in [2.45, 2.75) is 11.3 Å². The number of ether oxygens (including phenoxy) is 1. The molecule has 0 radical (unpaired) electrons. The standard InChI is InChI=1S/C14H9BrClFO2.C7H5ClF2O2S.C4HBrN2S/c1-19-14(18)11-6-12(16)10(7-13(11)17)8-3-2-4-9(15)5-8;8-13(11,12)6-3-1-5(2-4-6)7(9)10;1-6-4-3(5)7-2-8-4/h2-7H,1H3;1-4,7H;2H. The van der Waals surface area contributed by atoms with Crippen LogP contribution in [0.4, 0.5) is 18.2 Å². The molecule has 3 aromatic carbocycles. The molecule has 0 saturated carbocycles. The third-order valence-corrected chi connectivity index (χ3v) is 8.36. The highest BCUT2D eigenvalue weighted by molar-refractivity contribution is 9.10. The van der Waals surface area contributed by atoms with Crippen LogP contribution in [0.25, 0.3) is 16.0 Å². The number of nitrogens with zero attached hydrogens (tertiary/aromatic N) is 2. The van der Waals surface area contributed by atoms with Gasteiger partial charge in [0.25, 0.3) is 20.5 Å². The lowest BCUT2D eigenvalue weighted by Crippen LogP contribution is -2.04. The highest BCUT2D eigenvalue weighted by Crippen LogP contribution is 2.32. The highest BCUT2D eigenvalue weighted by Gasteiger charge is 2.16. The van der Waals surface area contributed by atoms with Crippen LogP contribution in [0.5, 0.6) is 0 Å². The summed E-state index contributed by atoms with van der Waals surface area (Å²) in [6.07, 6.45) is -2.60. The van der Waals surface area contributed by atoms with E-state index in [1.165, 1.54) is 30.6 Å². The van der Waals surface area contributed by atoms with Gasteiger partial charge in [-0.1, -0.05) is 51.8 Å². The molecule has 0 aliphatic carbocycles. The van der Waals surface area contributed by atoms with Crippen molar-refractivity contribution in [1.29, 1.82) is 0 Å². The van der Waals surface area contributed by atoms with Gasteiger partial charge in [0.2, 0.25) is 0 Å². The van der Waals surface area contributed by atoms with Gasteiger partial charge in [0, 0.05) is 31.3 Å². The lowest BCUT2D eigenvalue weighted by atomic mass is 10.0. The van der Waals surface area contributed by atoms with Gasteiger partial charge in [-0.2, -0.15) is 0 Å². The predicted molar refractivity (Wildman–Crippen MR) is 156 cm³/mol. The van der Waals surface area contributed by atoms with Gasteiger partial charge in [-0.3, -0.25) is 4.98 Å². The Kier molecular flexibility index (Phi) is 13.1. The number of hydrogen-bond donors (Lipinski definition) is 0. The molecule has 0 aliphatic heterocycles. The van der Waals surface area contributed by atoms with Crippen LogP contribution < -0.4 is 0 Å². The minimum absolute atomic E-state index is 0.175. The SMILES string of the molecule is COC(=O)c1cc(Cl)c(-c2cccc(Br)c2)cc1F.O=S(=O)(Cl)c1ccc(C(F)F)cc1.[C-]#[N+]c1scnc1Br. The molecule has 0 amide bonds. The van der Waals surface area contributed by atoms with Crippen LogP contribution in [0.2, 0.25) is 5.02 Å². The Morgan fingerprint density at radius 2 is 1.77 bits per heavy atom. The van der Waals surface area contributed by atoms with Gasteiger partial charge in [0.15, 0.2) is 0 Å². The van der Waals surface area contributed by atoms with Crippen LogP contribution in [0, 0.1) is 12.4 Å². The van der Waals surface area contributed by atoms with Crippen molar-refractivity contribution in [3.8, 4) is 11.1 Å². The minimum Gasteiger partial charge on any atom is -0.465 e. The number of methoxy groups -OCH3 is 1. The van der Waals surface area contributed by atoms with Gasteiger partial charge in [-0.05, 0) is 57.9 Å². The van der Waals surface area contributed by atoms with E-state index in [0.717, 1.165) is 34.3 Å². The molecule has 0 saturated heterocycles. The summed E-state index contributed by atoms with van der Waals surface area (Å²) in [6.45, 7) is 6.57. The van der Waals surface area contributed by atoms with E-state index >= 15 is 0 Å². The van der Waals surface area contributed by atoms with Gasteiger partial charge in [-0.25, -0.2) is 31.2 Å². The number of carbonyl (C=O) groups is 1. The predicted octanol–water partition coefficient (Wildman–Crippen LogP) is 9.70. The van der Waals surface area contributed by atoms with Crippen LogP contribution in [0.15, 0.2) is 80.1 Å². The zero-order chi connectivity index (χ0) is 30.0. The number of hydrogen-bond acceptors (Lipinski definition) is 6. The van der Waals surface area contributed by atoms with Crippen LogP contribution in [-0.2, 0) is 13.8 Å². The zero-order valence-corrected chi connectivity index (χ0v) is 26.2. The lowest BCUT2D eigenvalue weighted by molar-refractivity contribution is 0.0595. The molecule has 210 valence electrons. The van der Waals surface area contributed by atoms with Gasteiger partial charge < -0.3 is 4.74 Å². The Bertz CT molecular complexity index is 1630. The lowest BCUT2D eigenvalue weighted by Gasteiger charge is -2.08. The number of aromatic nitrogens is 1. The van der Waals surface area contributed by atoms with Gasteiger partial charge in [0.05, 0.1) is 29.7 Å². The maximum atomic E-state index is 13.9. The number of esters is 1. The number of benzene rings is 3. The molecule has 15 heteroatoms. The Labute approximate surface area is 258 Å². The summed E-state index contributed by atoms with van der Waals surface area (Å²) in [5.74, 6) is -1.41. The normalized spacial score (nSPS) is 10.5. The maximum Gasteiger partial charge on any atom is 0.340 e. The van der Waals surface area contributed by atoms with E-state index in [0.29, 0.717) is 20.2 Å². The smallest absolute Gasteiger partial charge is 0.340 e. The molecule has 1 aromatic heterocycles. The van der Waals surface area contributed by atoms with E-state index < -0.39 is 27.3 Å². The summed E-state index contributed by atoms with van der Waals surface area (Å²) in [5, 5.41) is 0.907. The molecule has 6 nitrogen and oxygen atoms in total. The molecule has 4 rings (SSSR count). The molecule has 0 unspecified atom stereocenters. The summed E-state index contributed by atoms with van der Waals surface area (Å²) < 4.78 is 65.3. The van der Waals surface area contributed by atoms with Crippen molar-refractivity contribution in [3.05, 3.63) is 109 Å². The van der Waals surface area contributed by atoms with Crippen LogP contribution >= 0.6 is 65.5 Å². The van der Waals surface area contributed by atoms with Crippen molar-refractivity contribution < 1.29 is 31.1 Å². The van der Waals surface area contributed by atoms with Crippen molar-refractivity contribution >= 4 is 85.5 Å². The monoisotopic (exact) mass is 756 g/mol. The van der Waals surface area contributed by atoms with E-state index in [4.69, 9.17) is 28.9 Å². The first-order valence-corrected chi connectivity index (χ1v) is 15.6. The van der Waals surface area contributed by atoms with E-state index in [-0.39, 0.29) is 16.0 Å². The molecule has 0 bridgehead atoms. The minimum atomic E-state index is -3.82. The van der Waals surface area contributed by atoms with Crippen molar-refractivity contribution in [2.75, 3.05) is 7.11 Å². The zero-order valence-electron chi connectivity index (χ0n) is 19.9. The van der Waals surface area contributed by atoms with Crippen LogP contribution in [0.1, 0.15) is 22.3 Å². The van der Waals surface area contributed by atoms with E-state index in [2.05, 4.69) is 46.4 Å². The summed E-state index contributed by atoms with van der Waals surface area (Å²) in [4.78, 5) is 18.2. The van der Waals surface area contributed by atoms with Gasteiger partial charge >= 0.3 is 5.97 Å². The summed E-state index contributed by atoms with van der Waals surface area (Å²) >= 11 is 13.9. The number of halogens is 7. The summed E-state index contributed by atoms with van der Waals surface area (Å²) in [5.41, 5.74) is 2.51. The fourth-order valence-electron chi connectivity index (χ4n) is 2.77. The first kappa shape index (κ1) is 33.7. The number of alkyl halides is 2. The summed E-state index contributed by atoms with van der Waals surface area (Å²) in [6, 6.07) is 14.0. The van der Waals surface area contributed by atoms with Crippen LogP contribution in [0.3, 0.4) is 0 Å². The van der Waals surface area contributed by atoms with Gasteiger partial charge in [-0.15, -0.1) is 11.3 Å². The summed E-state index contributed by atoms with van der Waals surface area (Å²) in [7, 11) is 2.35. The fourth-order valence-corrected chi connectivity index (χ4v) is 5.27. The largest absolute Gasteiger partial charge is 0.465 e. The molecule has 0 atom stereocenters. The number of rotatable bonds is 4. The molecule has 4 aromatic rings. The average molecular weight is 759 g/mol. The van der Waals surface area contributed by atoms with E-state index in [9.17, 15) is 26.4 Å². The third-order valence-electron chi connectivity index (χ3n) is 4.62. The molecule has 0 aliphatic rings. The first-order valence-electron chi connectivity index (χ1n) is 10.4. The molecule has 40 heavy (non-hydrogen) atoms. The molecule has 0 spiro atoms. The molecular weight excluding hydrogens is 744 g/mol. The molecule has 0 N–H and O–H groups in total. The van der Waals surface area contributed by atoms with Crippen LogP contribution in [-0.4, -0.2) is 26.5 Å². The topological polar surface area (TPSA) is 77.7 Å². The highest BCUT2D eigenvalue weighted by atomic mass is 79.9. The second-order valence-electron chi connectivity index (χ2n) is 7.18. The van der Waals surface area contributed by atoms with Crippen molar-refractivity contribution in [3.63, 3.8) is 0 Å². The molecule has 1 heterocycles. The second-order valence-corrected chi connectivity index (χ2v) is 12.7. The number of carbonyl (C=O) groups excluding carboxylic acids is 1. The van der Waals surface area contributed by atoms with E-state index in [1.807, 2.05) is 24.3 Å². The van der Waals surface area contributed by atoms with E-state index in [1.54, 1.807) is 5.51 Å². The Balaban J connectivity index is 0.000000230. The fraction of sp³-hybridized carbons (Fsp3) is 0.0800. The molecule has 0 fully saturated rings. The second kappa shape index (κ2) is 15.5.